The third-order valence-electron chi connectivity index (χ3n) is 15.2. The van der Waals surface area contributed by atoms with Crippen molar-refractivity contribution < 1.29 is 52.5 Å². The number of hydrogen-bond donors (Lipinski definition) is 2. The molecule has 6 amide bonds. The summed E-state index contributed by atoms with van der Waals surface area (Å²) in [7, 11) is 3.17. The molecule has 0 spiro atoms. The lowest BCUT2D eigenvalue weighted by atomic mass is 9.92. The van der Waals surface area contributed by atoms with Crippen molar-refractivity contribution in [2.75, 3.05) is 39.3 Å². The molecule has 0 bridgehead atoms. The van der Waals surface area contributed by atoms with Gasteiger partial charge < -0.3 is 39.4 Å². The summed E-state index contributed by atoms with van der Waals surface area (Å²) in [6.07, 6.45) is 15.3. The number of ether oxygens (including phenoxy) is 4. The monoisotopic (exact) mass is 1100 g/mol. The maximum absolute atomic E-state index is 14.1. The van der Waals surface area contributed by atoms with Crippen LogP contribution in [0.2, 0.25) is 0 Å². The summed E-state index contributed by atoms with van der Waals surface area (Å²) < 4.78 is 23.4. The predicted octanol–water partition coefficient (Wildman–Crippen LogP) is 9.74. The molecule has 18 heteroatoms. The zero-order chi connectivity index (χ0) is 57.3. The number of carbonyl (C=O) groups is 7. The number of imide groups is 1. The Kier molecular flexibility index (Phi) is 18.0. The summed E-state index contributed by atoms with van der Waals surface area (Å²) in [5, 5.41) is 5.75. The van der Waals surface area contributed by atoms with Crippen molar-refractivity contribution in [1.29, 1.82) is 0 Å². The molecule has 5 heterocycles. The Morgan fingerprint density at radius 1 is 0.654 bits per heavy atom. The van der Waals surface area contributed by atoms with Crippen molar-refractivity contribution in [2.45, 2.75) is 110 Å². The van der Waals surface area contributed by atoms with Gasteiger partial charge in [-0.05, 0) is 109 Å². The molecule has 0 radical (unpaired) electrons. The summed E-state index contributed by atoms with van der Waals surface area (Å²) >= 11 is 0. The number of aryl methyl sites for hydroxylation is 1. The molecule has 4 aromatic rings. The molecular weight excluding hydrogens is 1030 g/mol. The average Bonchev–Trinajstić information content (AvgIpc) is 4.20. The number of rotatable bonds is 25. The minimum absolute atomic E-state index is 0.0613. The van der Waals surface area contributed by atoms with Crippen LogP contribution in [0, 0.1) is 18.8 Å². The van der Waals surface area contributed by atoms with Gasteiger partial charge in [0.2, 0.25) is 11.8 Å². The van der Waals surface area contributed by atoms with Crippen LogP contribution in [0.3, 0.4) is 0 Å². The molecule has 422 valence electrons. The van der Waals surface area contributed by atoms with E-state index in [4.69, 9.17) is 28.9 Å². The van der Waals surface area contributed by atoms with Gasteiger partial charge in [0.1, 0.15) is 11.5 Å². The second-order valence-electron chi connectivity index (χ2n) is 21.4. The minimum atomic E-state index is -0.753. The first-order chi connectivity index (χ1) is 39.1. The smallest absolute Gasteiger partial charge is 0.260 e. The van der Waals surface area contributed by atoms with E-state index >= 15 is 0 Å². The third-order valence-corrected chi connectivity index (χ3v) is 15.2. The fourth-order valence-electron chi connectivity index (χ4n) is 10.5. The fourth-order valence-corrected chi connectivity index (χ4v) is 10.5. The number of hydrogen-bond acceptors (Lipinski definition) is 13. The van der Waals surface area contributed by atoms with Gasteiger partial charge in [0.25, 0.3) is 23.6 Å². The van der Waals surface area contributed by atoms with E-state index in [1.54, 1.807) is 54.3 Å². The van der Waals surface area contributed by atoms with Crippen molar-refractivity contribution in [3.8, 4) is 23.0 Å². The van der Waals surface area contributed by atoms with E-state index in [0.29, 0.717) is 97.3 Å². The molecule has 9 rings (SSSR count). The SMILES string of the molecule is COc1ccc(C2=CN3C(=O)c4cc(C)c(OCCCCCOc5cc6c(cc5OC)C(=O)N5C=C(c7ccc(NC(=O)[C@H](C)CC(=O)[C@@H](NC(=O)CCCCCN8C(=O)C=CC8=O)C(C)C)cc7)C[C@H]5C=N6)cc4N=C[C@@H]3C2)cc1. The van der Waals surface area contributed by atoms with E-state index in [2.05, 4.69) is 10.6 Å². The van der Waals surface area contributed by atoms with E-state index in [0.717, 1.165) is 52.8 Å². The van der Waals surface area contributed by atoms with Gasteiger partial charge in [0, 0.05) is 92.9 Å². The number of amides is 6. The number of methoxy groups -OCH3 is 2. The molecule has 0 unspecified atom stereocenters. The molecule has 18 nitrogen and oxygen atoms in total. The van der Waals surface area contributed by atoms with Crippen LogP contribution >= 0.6 is 0 Å². The van der Waals surface area contributed by atoms with Gasteiger partial charge in [-0.3, -0.25) is 48.4 Å². The number of carbonyl (C=O) groups excluding carboxylic acids is 7. The van der Waals surface area contributed by atoms with E-state index in [-0.39, 0.29) is 72.1 Å². The van der Waals surface area contributed by atoms with Crippen LogP contribution in [0.5, 0.6) is 23.0 Å². The number of fused-ring (bicyclic) bond motifs is 4. The molecule has 81 heavy (non-hydrogen) atoms. The topological polar surface area (TPSA) is 215 Å². The number of aliphatic imine (C=N–C) groups is 2. The Hall–Kier alpha value is -8.67. The Morgan fingerprint density at radius 2 is 1.21 bits per heavy atom. The van der Waals surface area contributed by atoms with Crippen molar-refractivity contribution >= 4 is 81.9 Å². The van der Waals surface area contributed by atoms with Crippen LogP contribution in [0.15, 0.2) is 107 Å². The van der Waals surface area contributed by atoms with Gasteiger partial charge in [-0.15, -0.1) is 0 Å². The second kappa shape index (κ2) is 25.6. The molecule has 2 N–H and O–H groups in total. The van der Waals surface area contributed by atoms with Crippen LogP contribution in [0.4, 0.5) is 17.1 Å². The van der Waals surface area contributed by atoms with Crippen molar-refractivity contribution in [3.05, 3.63) is 125 Å². The lowest BCUT2D eigenvalue weighted by Gasteiger charge is -2.23. The molecule has 0 fully saturated rings. The molecule has 0 saturated carbocycles. The fraction of sp³-hybridized carbons (Fsp3) is 0.381. The molecule has 4 aromatic carbocycles. The number of nitrogens with zero attached hydrogens (tertiary/aromatic N) is 5. The summed E-state index contributed by atoms with van der Waals surface area (Å²) in [6.45, 7) is 8.49. The number of anilines is 1. The number of benzene rings is 4. The first-order valence-corrected chi connectivity index (χ1v) is 27.8. The minimum Gasteiger partial charge on any atom is -0.497 e. The largest absolute Gasteiger partial charge is 0.497 e. The number of nitrogens with one attached hydrogen (secondary N) is 2. The summed E-state index contributed by atoms with van der Waals surface area (Å²) in [4.78, 5) is 105. The highest BCUT2D eigenvalue weighted by atomic mass is 16.5. The summed E-state index contributed by atoms with van der Waals surface area (Å²) in [5.41, 5.74) is 7.32. The highest BCUT2D eigenvalue weighted by Gasteiger charge is 2.36. The third kappa shape index (κ3) is 13.3. The number of Topliss-reactive ketones (excluding diaryl/α,β-unsaturated/α-hetero) is 1. The zero-order valence-corrected chi connectivity index (χ0v) is 46.7. The Labute approximate surface area is 471 Å². The zero-order valence-electron chi connectivity index (χ0n) is 46.7. The van der Waals surface area contributed by atoms with E-state index < -0.39 is 12.0 Å². The van der Waals surface area contributed by atoms with E-state index in [1.165, 1.54) is 24.2 Å². The van der Waals surface area contributed by atoms with Gasteiger partial charge in [-0.2, -0.15) is 0 Å². The molecule has 4 atom stereocenters. The average molecular weight is 1100 g/mol. The number of unbranched alkanes of at least 4 members (excludes halogenated alkanes) is 4. The second-order valence-corrected chi connectivity index (χ2v) is 21.4. The Bertz CT molecular complexity index is 3230. The van der Waals surface area contributed by atoms with E-state index in [9.17, 15) is 33.6 Å². The molecule has 5 aliphatic heterocycles. The highest BCUT2D eigenvalue weighted by molar-refractivity contribution is 6.13. The lowest BCUT2D eigenvalue weighted by molar-refractivity contribution is -0.137. The van der Waals surface area contributed by atoms with Crippen LogP contribution in [-0.4, -0.2) is 120 Å². The van der Waals surface area contributed by atoms with Gasteiger partial charge in [0.05, 0.1) is 68.1 Å². The lowest BCUT2D eigenvalue weighted by Crippen LogP contribution is -2.45. The maximum Gasteiger partial charge on any atom is 0.260 e. The maximum atomic E-state index is 14.1. The Morgan fingerprint density at radius 3 is 1.79 bits per heavy atom. The predicted molar refractivity (Wildman–Crippen MR) is 308 cm³/mol. The van der Waals surface area contributed by atoms with E-state index in [1.807, 2.05) is 87.9 Å². The quantitative estimate of drug-likeness (QED) is 0.0471. The first-order valence-electron chi connectivity index (χ1n) is 27.8. The molecule has 0 saturated heterocycles. The van der Waals surface area contributed by atoms with Crippen molar-refractivity contribution in [1.82, 2.24) is 20.0 Å². The molecular formula is C63H69N7O11. The first kappa shape index (κ1) is 57.0. The molecule has 0 aliphatic carbocycles. The number of ketones is 1. The van der Waals surface area contributed by atoms with Crippen LogP contribution in [-0.2, 0) is 24.0 Å². The standard InChI is InChI=1S/C63H69N7O11/c1-38(2)60(67-57(72)13-9-7-10-24-68-58(73)22-23-59(68)74)53(71)28-40(4)61(75)66-45-18-14-41(15-19-45)43-29-47-35-65-52-33-56(55(79-6)31-50(52)63(77)70(47)36-43)81-26-12-8-11-25-80-54-32-51-49(27-39(54)3)62(76)69-37-44(30-46(69)34-64-51)42-16-20-48(78-5)21-17-42/h14-23,27,31-38,40,46-47,60H,7-13,24-26,28-30H2,1-6H3,(H,66,75)(H,67,72)/t40-,46+,47+,60+/m1/s1. The normalized spacial score (nSPS) is 17.6. The van der Waals surface area contributed by atoms with Gasteiger partial charge >= 0.3 is 0 Å². The van der Waals surface area contributed by atoms with Gasteiger partial charge in [-0.1, -0.05) is 51.5 Å². The molecule has 0 aromatic heterocycles. The highest BCUT2D eigenvalue weighted by Crippen LogP contribution is 2.41. The van der Waals surface area contributed by atoms with Crippen LogP contribution < -0.4 is 29.6 Å². The van der Waals surface area contributed by atoms with Crippen LogP contribution in [0.25, 0.3) is 11.1 Å². The van der Waals surface area contributed by atoms with Gasteiger partial charge in [-0.25, -0.2) is 0 Å². The van der Waals surface area contributed by atoms with Crippen molar-refractivity contribution in [2.24, 2.45) is 21.8 Å². The van der Waals surface area contributed by atoms with Gasteiger partial charge in [0.15, 0.2) is 17.3 Å². The summed E-state index contributed by atoms with van der Waals surface area (Å²) in [6, 6.07) is 21.0. The summed E-state index contributed by atoms with van der Waals surface area (Å²) in [5.74, 6) is -0.287. The molecule has 5 aliphatic rings. The van der Waals surface area contributed by atoms with Crippen molar-refractivity contribution in [3.63, 3.8) is 0 Å². The van der Waals surface area contributed by atoms with Crippen LogP contribution in [0.1, 0.15) is 122 Å². The Balaban J connectivity index is 0.707.